The van der Waals surface area contributed by atoms with Gasteiger partial charge in [0.1, 0.15) is 24.7 Å². The highest BCUT2D eigenvalue weighted by Gasteiger charge is 2.21. The minimum absolute atomic E-state index is 0.179. The van der Waals surface area contributed by atoms with Gasteiger partial charge in [-0.3, -0.25) is 4.79 Å². The predicted molar refractivity (Wildman–Crippen MR) is 97.8 cm³/mol. The Morgan fingerprint density at radius 3 is 2.65 bits per heavy atom. The van der Waals surface area contributed by atoms with Crippen molar-refractivity contribution < 1.29 is 23.7 Å². The summed E-state index contributed by atoms with van der Waals surface area (Å²) >= 11 is 6.23. The zero-order valence-corrected chi connectivity index (χ0v) is 15.6. The number of ether oxygens (including phenoxy) is 4. The molecule has 0 bridgehead atoms. The van der Waals surface area contributed by atoms with Gasteiger partial charge >= 0.3 is 0 Å². The van der Waals surface area contributed by atoms with Crippen LogP contribution in [-0.2, 0) is 6.54 Å². The van der Waals surface area contributed by atoms with Gasteiger partial charge in [0.25, 0.3) is 5.91 Å². The summed E-state index contributed by atoms with van der Waals surface area (Å²) in [5.41, 5.74) is 1.31. The first kappa shape index (κ1) is 18.2. The highest BCUT2D eigenvalue weighted by atomic mass is 35.5. The third-order valence-corrected chi connectivity index (χ3v) is 4.37. The molecule has 26 heavy (non-hydrogen) atoms. The number of methoxy groups -OCH3 is 2. The Kier molecular flexibility index (Phi) is 5.42. The van der Waals surface area contributed by atoms with E-state index in [9.17, 15) is 4.79 Å². The van der Waals surface area contributed by atoms with Crippen LogP contribution in [0.2, 0.25) is 5.02 Å². The van der Waals surface area contributed by atoms with Gasteiger partial charge in [0.05, 0.1) is 19.2 Å². The van der Waals surface area contributed by atoms with E-state index in [1.807, 2.05) is 12.1 Å². The van der Waals surface area contributed by atoms with Crippen molar-refractivity contribution in [1.82, 2.24) is 4.90 Å². The van der Waals surface area contributed by atoms with Gasteiger partial charge in [0, 0.05) is 30.8 Å². The number of nitrogens with zero attached hydrogens (tertiary/aromatic N) is 1. The normalized spacial score (nSPS) is 12.5. The lowest BCUT2D eigenvalue weighted by atomic mass is 10.1. The molecule has 138 valence electrons. The number of benzene rings is 2. The van der Waals surface area contributed by atoms with Gasteiger partial charge in [-0.15, -0.1) is 0 Å². The van der Waals surface area contributed by atoms with Crippen LogP contribution in [0.3, 0.4) is 0 Å². The molecule has 1 amide bonds. The van der Waals surface area contributed by atoms with Gasteiger partial charge in [-0.2, -0.15) is 0 Å². The third kappa shape index (κ3) is 3.65. The molecule has 2 aromatic carbocycles. The Hall–Kier alpha value is -2.60. The van der Waals surface area contributed by atoms with Crippen molar-refractivity contribution in [2.24, 2.45) is 0 Å². The number of hydrogen-bond acceptors (Lipinski definition) is 5. The molecule has 1 aliphatic rings. The largest absolute Gasteiger partial charge is 0.497 e. The molecule has 1 heterocycles. The molecule has 1 aliphatic heterocycles. The molecule has 0 fully saturated rings. The maximum absolute atomic E-state index is 12.8. The van der Waals surface area contributed by atoms with Crippen molar-refractivity contribution in [3.8, 4) is 23.0 Å². The topological polar surface area (TPSA) is 57.2 Å². The number of carbonyl (C=O) groups excluding carboxylic acids is 1. The van der Waals surface area contributed by atoms with Crippen molar-refractivity contribution in [2.75, 3.05) is 34.5 Å². The minimum atomic E-state index is -0.179. The molecule has 3 rings (SSSR count). The molecule has 0 unspecified atom stereocenters. The van der Waals surface area contributed by atoms with Crippen molar-refractivity contribution in [1.29, 1.82) is 0 Å². The Balaban J connectivity index is 1.81. The number of rotatable bonds is 5. The van der Waals surface area contributed by atoms with E-state index in [-0.39, 0.29) is 5.91 Å². The molecule has 0 saturated carbocycles. The molecule has 0 N–H and O–H groups in total. The first-order valence-electron chi connectivity index (χ1n) is 8.09. The predicted octanol–water partition coefficient (Wildman–Crippen LogP) is 3.40. The molecule has 7 heteroatoms. The smallest absolute Gasteiger partial charge is 0.254 e. The fraction of sp³-hybridized carbons (Fsp3) is 0.316. The number of carbonyl (C=O) groups is 1. The Morgan fingerprint density at radius 2 is 1.92 bits per heavy atom. The van der Waals surface area contributed by atoms with Gasteiger partial charge in [0.15, 0.2) is 11.5 Å². The summed E-state index contributed by atoms with van der Waals surface area (Å²) in [6.07, 6.45) is 0. The summed E-state index contributed by atoms with van der Waals surface area (Å²) in [6.45, 7) is 1.25. The first-order chi connectivity index (χ1) is 12.5. The second-order valence-electron chi connectivity index (χ2n) is 5.82. The van der Waals surface area contributed by atoms with Crippen LogP contribution in [0.4, 0.5) is 0 Å². The summed E-state index contributed by atoms with van der Waals surface area (Å²) < 4.78 is 21.6. The molecule has 0 atom stereocenters. The Labute approximate surface area is 157 Å². The van der Waals surface area contributed by atoms with Crippen molar-refractivity contribution in [3.05, 3.63) is 46.5 Å². The number of amides is 1. The summed E-state index contributed by atoms with van der Waals surface area (Å²) in [5.74, 6) is 2.14. The quantitative estimate of drug-likeness (QED) is 0.799. The maximum atomic E-state index is 12.8. The van der Waals surface area contributed by atoms with Crippen molar-refractivity contribution >= 4 is 17.5 Å². The average molecular weight is 378 g/mol. The lowest BCUT2D eigenvalue weighted by Gasteiger charge is -2.22. The maximum Gasteiger partial charge on any atom is 0.254 e. The summed E-state index contributed by atoms with van der Waals surface area (Å²) in [6, 6.07) is 8.74. The molecular weight excluding hydrogens is 358 g/mol. The molecular formula is C19H20ClNO5. The molecule has 6 nitrogen and oxygen atoms in total. The van der Waals surface area contributed by atoms with Crippen LogP contribution in [-0.4, -0.2) is 45.3 Å². The SMILES string of the molecule is COc1ccc(CN(C)C(=O)c2cc(Cl)c3c(c2)OCCO3)c(OC)c1. The second-order valence-corrected chi connectivity index (χ2v) is 6.23. The van der Waals surface area contributed by atoms with Gasteiger partial charge in [-0.05, 0) is 24.3 Å². The van der Waals surface area contributed by atoms with Gasteiger partial charge in [-0.1, -0.05) is 11.6 Å². The van der Waals surface area contributed by atoms with E-state index in [4.69, 9.17) is 30.5 Å². The van der Waals surface area contributed by atoms with Gasteiger partial charge in [0.2, 0.25) is 0 Å². The fourth-order valence-corrected chi connectivity index (χ4v) is 3.03. The van der Waals surface area contributed by atoms with Crippen molar-refractivity contribution in [2.45, 2.75) is 6.54 Å². The van der Waals surface area contributed by atoms with E-state index in [1.54, 1.807) is 44.4 Å². The van der Waals surface area contributed by atoms with E-state index in [1.165, 1.54) is 0 Å². The second kappa shape index (κ2) is 7.74. The molecule has 0 aliphatic carbocycles. The standard InChI is InChI=1S/C19H20ClNO5/c1-21(11-12-4-5-14(23-2)10-16(12)24-3)19(22)13-8-15(20)18-17(9-13)25-6-7-26-18/h4-5,8-10H,6-7,11H2,1-3H3. The average Bonchev–Trinajstić information content (AvgIpc) is 2.67. The lowest BCUT2D eigenvalue weighted by molar-refractivity contribution is 0.0783. The zero-order chi connectivity index (χ0) is 18.7. The third-order valence-electron chi connectivity index (χ3n) is 4.09. The highest BCUT2D eigenvalue weighted by Crippen LogP contribution is 2.38. The van der Waals surface area contributed by atoms with Crippen LogP contribution in [0.5, 0.6) is 23.0 Å². The van der Waals surface area contributed by atoms with Crippen molar-refractivity contribution in [3.63, 3.8) is 0 Å². The van der Waals surface area contributed by atoms with Crippen LogP contribution < -0.4 is 18.9 Å². The Bertz CT molecular complexity index is 824. The fourth-order valence-electron chi connectivity index (χ4n) is 2.76. The van der Waals surface area contributed by atoms with E-state index in [0.29, 0.717) is 53.3 Å². The number of fused-ring (bicyclic) bond motifs is 1. The zero-order valence-electron chi connectivity index (χ0n) is 14.9. The van der Waals surface area contributed by atoms with E-state index < -0.39 is 0 Å². The molecule has 0 aromatic heterocycles. The summed E-state index contributed by atoms with van der Waals surface area (Å²) in [5, 5.41) is 0.362. The summed E-state index contributed by atoms with van der Waals surface area (Å²) in [7, 11) is 4.90. The van der Waals surface area contributed by atoms with Crippen LogP contribution in [0.15, 0.2) is 30.3 Å². The Morgan fingerprint density at radius 1 is 1.15 bits per heavy atom. The van der Waals surface area contributed by atoms with Crippen LogP contribution in [0.1, 0.15) is 15.9 Å². The molecule has 0 saturated heterocycles. The van der Waals surface area contributed by atoms with Gasteiger partial charge < -0.3 is 23.8 Å². The van der Waals surface area contributed by atoms with Crippen LogP contribution in [0, 0.1) is 0 Å². The number of hydrogen-bond donors (Lipinski definition) is 0. The first-order valence-corrected chi connectivity index (χ1v) is 8.46. The number of halogens is 1. The monoisotopic (exact) mass is 377 g/mol. The van der Waals surface area contributed by atoms with Gasteiger partial charge in [-0.25, -0.2) is 0 Å². The van der Waals surface area contributed by atoms with Crippen LogP contribution in [0.25, 0.3) is 0 Å². The minimum Gasteiger partial charge on any atom is -0.497 e. The van der Waals surface area contributed by atoms with E-state index in [0.717, 1.165) is 5.56 Å². The van der Waals surface area contributed by atoms with Crippen LogP contribution >= 0.6 is 11.6 Å². The highest BCUT2D eigenvalue weighted by molar-refractivity contribution is 6.32. The molecule has 0 spiro atoms. The molecule has 0 radical (unpaired) electrons. The lowest BCUT2D eigenvalue weighted by Crippen LogP contribution is -2.27. The van der Waals surface area contributed by atoms with E-state index in [2.05, 4.69) is 0 Å². The van der Waals surface area contributed by atoms with E-state index >= 15 is 0 Å². The summed E-state index contributed by atoms with van der Waals surface area (Å²) in [4.78, 5) is 14.4. The molecule has 2 aromatic rings.